The number of hydrogen-bond acceptors (Lipinski definition) is 13. The molecule has 0 unspecified atom stereocenters. The molecule has 4 N–H and O–H groups in total. The number of non-ortho nitro benzene ring substituents is 1. The van der Waals surface area contributed by atoms with E-state index >= 15 is 0 Å². The molecule has 4 rings (SSSR count). The molecule has 0 spiro atoms. The second-order valence-corrected chi connectivity index (χ2v) is 11.1. The highest BCUT2D eigenvalue weighted by Crippen LogP contribution is 2.29. The van der Waals surface area contributed by atoms with Gasteiger partial charge in [-0.1, -0.05) is 62.9 Å². The van der Waals surface area contributed by atoms with E-state index in [4.69, 9.17) is 5.84 Å². The SMILES string of the molecule is Nn1c(N/N=C/c2ccc([N+](=O)[O-])cc2)nnc1SCC(=O)Nc1nnc(SCc2cccc(Br)c2)s1. The van der Waals surface area contributed by atoms with Gasteiger partial charge < -0.3 is 5.84 Å². The number of anilines is 2. The summed E-state index contributed by atoms with van der Waals surface area (Å²) in [7, 11) is 0. The van der Waals surface area contributed by atoms with E-state index in [0.29, 0.717) is 15.9 Å². The van der Waals surface area contributed by atoms with E-state index in [9.17, 15) is 14.9 Å². The molecule has 4 aromatic rings. The molecule has 13 nitrogen and oxygen atoms in total. The smallest absolute Gasteiger partial charge is 0.269 e. The van der Waals surface area contributed by atoms with Gasteiger partial charge in [0.05, 0.1) is 16.9 Å². The molecule has 0 atom stereocenters. The number of nitrogens with two attached hydrogens (primary N) is 1. The highest BCUT2D eigenvalue weighted by Gasteiger charge is 2.14. The zero-order valence-corrected chi connectivity index (χ0v) is 22.7. The molecule has 1 amide bonds. The molecule has 0 bridgehead atoms. The number of thioether (sulfide) groups is 2. The molecule has 0 radical (unpaired) electrons. The molecular weight excluding hydrogens is 604 g/mol. The third-order valence-corrected chi connectivity index (χ3v) is 7.86. The normalized spacial score (nSPS) is 11.1. The van der Waals surface area contributed by atoms with Crippen LogP contribution in [0.2, 0.25) is 0 Å². The van der Waals surface area contributed by atoms with Crippen LogP contribution in [0.3, 0.4) is 0 Å². The Kier molecular flexibility index (Phi) is 9.04. The van der Waals surface area contributed by atoms with Crippen molar-refractivity contribution in [1.82, 2.24) is 25.1 Å². The largest absolute Gasteiger partial charge is 0.334 e. The Balaban J connectivity index is 1.23. The first kappa shape index (κ1) is 26.5. The molecule has 0 fully saturated rings. The zero-order valence-electron chi connectivity index (χ0n) is 18.6. The Morgan fingerprint density at radius 1 is 1.19 bits per heavy atom. The molecule has 190 valence electrons. The third kappa shape index (κ3) is 7.72. The van der Waals surface area contributed by atoms with Crippen LogP contribution in [-0.4, -0.2) is 47.9 Å². The standard InChI is InChI=1S/C20H17BrN10O3S3/c21-14-3-1-2-13(8-14)10-36-20-29-27-18(37-20)24-16(32)11-35-19-28-26-17(30(19)22)25-23-9-12-4-6-15(7-5-12)31(33)34/h1-9H,10-11,22H2,(H,25,26)(H,24,27,32)/b23-9+. The Bertz CT molecular complexity index is 1430. The molecule has 0 aliphatic rings. The van der Waals surface area contributed by atoms with Gasteiger partial charge in [0.25, 0.3) is 11.6 Å². The topological polar surface area (TPSA) is 179 Å². The van der Waals surface area contributed by atoms with Crippen molar-refractivity contribution in [1.29, 1.82) is 0 Å². The van der Waals surface area contributed by atoms with E-state index in [1.807, 2.05) is 24.3 Å². The predicted octanol–water partition coefficient (Wildman–Crippen LogP) is 3.98. The first-order valence-electron chi connectivity index (χ1n) is 10.2. The van der Waals surface area contributed by atoms with Gasteiger partial charge in [-0.15, -0.1) is 20.4 Å². The van der Waals surface area contributed by atoms with E-state index in [1.165, 1.54) is 41.4 Å². The van der Waals surface area contributed by atoms with Crippen molar-refractivity contribution < 1.29 is 9.72 Å². The molecule has 2 heterocycles. The molecule has 37 heavy (non-hydrogen) atoms. The van der Waals surface area contributed by atoms with Gasteiger partial charge >= 0.3 is 0 Å². The van der Waals surface area contributed by atoms with Crippen LogP contribution < -0.4 is 16.6 Å². The maximum absolute atomic E-state index is 12.3. The average molecular weight is 622 g/mol. The van der Waals surface area contributed by atoms with Gasteiger partial charge in [-0.2, -0.15) is 5.10 Å². The van der Waals surface area contributed by atoms with Gasteiger partial charge in [0.2, 0.25) is 16.2 Å². The van der Waals surface area contributed by atoms with E-state index in [-0.39, 0.29) is 23.3 Å². The number of rotatable bonds is 11. The Labute approximate surface area is 230 Å². The van der Waals surface area contributed by atoms with Gasteiger partial charge in [-0.05, 0) is 35.4 Å². The second-order valence-electron chi connectivity index (χ2n) is 7.02. The number of nitrogens with one attached hydrogen (secondary N) is 2. The summed E-state index contributed by atoms with van der Waals surface area (Å²) in [5.41, 5.74) is 4.41. The third-order valence-electron chi connectivity index (χ3n) is 4.38. The lowest BCUT2D eigenvalue weighted by Crippen LogP contribution is -2.16. The minimum absolute atomic E-state index is 0.0143. The lowest BCUT2D eigenvalue weighted by molar-refractivity contribution is -0.384. The summed E-state index contributed by atoms with van der Waals surface area (Å²) < 4.78 is 2.92. The maximum Gasteiger partial charge on any atom is 0.269 e. The zero-order chi connectivity index (χ0) is 26.2. The lowest BCUT2D eigenvalue weighted by Gasteiger charge is -2.03. The van der Waals surface area contributed by atoms with E-state index < -0.39 is 4.92 Å². The Hall–Kier alpha value is -3.54. The number of carbonyl (C=O) groups excluding carboxylic acids is 1. The highest BCUT2D eigenvalue weighted by molar-refractivity contribution is 9.10. The average Bonchev–Trinajstić information content (AvgIpc) is 3.48. The Morgan fingerprint density at radius 2 is 2.00 bits per heavy atom. The van der Waals surface area contributed by atoms with Gasteiger partial charge in [0, 0.05) is 22.4 Å². The summed E-state index contributed by atoms with van der Waals surface area (Å²) in [6.07, 6.45) is 1.45. The van der Waals surface area contributed by atoms with Crippen LogP contribution in [0.1, 0.15) is 11.1 Å². The molecule has 0 aliphatic carbocycles. The number of nitrogens with zero attached hydrogens (tertiary/aromatic N) is 7. The van der Waals surface area contributed by atoms with Gasteiger partial charge in [-0.3, -0.25) is 20.2 Å². The van der Waals surface area contributed by atoms with E-state index in [0.717, 1.165) is 36.6 Å². The molecule has 2 aromatic carbocycles. The van der Waals surface area contributed by atoms with Crippen molar-refractivity contribution in [3.8, 4) is 0 Å². The maximum atomic E-state index is 12.3. The predicted molar refractivity (Wildman–Crippen MR) is 147 cm³/mol. The van der Waals surface area contributed by atoms with E-state index in [1.54, 1.807) is 12.1 Å². The second kappa shape index (κ2) is 12.6. The summed E-state index contributed by atoms with van der Waals surface area (Å²) in [6, 6.07) is 13.9. The minimum atomic E-state index is -0.480. The van der Waals surface area contributed by atoms with E-state index in [2.05, 4.69) is 52.2 Å². The number of amides is 1. The van der Waals surface area contributed by atoms with Crippen molar-refractivity contribution >= 4 is 79.7 Å². The van der Waals surface area contributed by atoms with Gasteiger partial charge in [0.1, 0.15) is 0 Å². The van der Waals surface area contributed by atoms with Crippen LogP contribution in [0.15, 0.2) is 67.6 Å². The fourth-order valence-electron chi connectivity index (χ4n) is 2.67. The molecule has 0 saturated carbocycles. The minimum Gasteiger partial charge on any atom is -0.334 e. The summed E-state index contributed by atoms with van der Waals surface area (Å²) in [6.45, 7) is 0. The molecule has 0 aliphatic heterocycles. The molecule has 0 saturated heterocycles. The fraction of sp³-hybridized carbons (Fsp3) is 0.100. The fourth-order valence-corrected chi connectivity index (χ4v) is 5.49. The number of hydrazone groups is 1. The molecular formula is C20H17BrN10O3S3. The monoisotopic (exact) mass is 620 g/mol. The number of halogens is 1. The van der Waals surface area contributed by atoms with Crippen molar-refractivity contribution in [2.75, 3.05) is 22.3 Å². The number of aromatic nitrogens is 5. The molecule has 2 aromatic heterocycles. The Morgan fingerprint density at radius 3 is 2.76 bits per heavy atom. The summed E-state index contributed by atoms with van der Waals surface area (Å²) in [4.78, 5) is 22.6. The van der Waals surface area contributed by atoms with Crippen molar-refractivity contribution in [2.24, 2.45) is 5.10 Å². The van der Waals surface area contributed by atoms with Gasteiger partial charge in [0.15, 0.2) is 4.34 Å². The number of carbonyl (C=O) groups is 1. The number of nitro groups is 1. The number of hydrogen-bond donors (Lipinski definition) is 3. The number of nitro benzene ring substituents is 1. The first-order valence-corrected chi connectivity index (χ1v) is 13.8. The van der Waals surface area contributed by atoms with Crippen LogP contribution in [-0.2, 0) is 10.5 Å². The summed E-state index contributed by atoms with van der Waals surface area (Å²) >= 11 is 7.37. The van der Waals surface area contributed by atoms with Crippen LogP contribution in [0.4, 0.5) is 16.8 Å². The van der Waals surface area contributed by atoms with Crippen LogP contribution in [0.25, 0.3) is 0 Å². The van der Waals surface area contributed by atoms with Crippen molar-refractivity contribution in [2.45, 2.75) is 15.2 Å². The molecule has 17 heteroatoms. The van der Waals surface area contributed by atoms with Crippen LogP contribution in [0, 0.1) is 10.1 Å². The number of nitrogen functional groups attached to an aromatic ring is 1. The summed E-state index contributed by atoms with van der Waals surface area (Å²) in [5, 5.41) is 34.1. The number of benzene rings is 2. The first-order chi connectivity index (χ1) is 17.9. The van der Waals surface area contributed by atoms with Gasteiger partial charge in [-0.25, -0.2) is 10.1 Å². The van der Waals surface area contributed by atoms with Crippen molar-refractivity contribution in [3.63, 3.8) is 0 Å². The van der Waals surface area contributed by atoms with Crippen molar-refractivity contribution in [3.05, 3.63) is 74.2 Å². The lowest BCUT2D eigenvalue weighted by atomic mass is 10.2. The van der Waals surface area contributed by atoms with Crippen LogP contribution in [0.5, 0.6) is 0 Å². The van der Waals surface area contributed by atoms with Crippen LogP contribution >= 0.6 is 50.8 Å². The summed E-state index contributed by atoms with van der Waals surface area (Å²) in [5.74, 6) is 6.59. The highest BCUT2D eigenvalue weighted by atomic mass is 79.9. The quantitative estimate of drug-likeness (QED) is 0.0551.